The lowest BCUT2D eigenvalue weighted by molar-refractivity contribution is 0.0965. The number of nitrogens with one attached hydrogen (secondary N) is 2. The van der Waals surface area contributed by atoms with Crippen molar-refractivity contribution in [2.24, 2.45) is 11.8 Å². The van der Waals surface area contributed by atoms with E-state index in [1.165, 1.54) is 5.69 Å². The van der Waals surface area contributed by atoms with Gasteiger partial charge >= 0.3 is 0 Å². The number of amides is 1. The second-order valence-electron chi connectivity index (χ2n) is 8.90. The van der Waals surface area contributed by atoms with Gasteiger partial charge in [-0.25, -0.2) is 10.3 Å². The van der Waals surface area contributed by atoms with Crippen LogP contribution in [0.15, 0.2) is 36.5 Å². The van der Waals surface area contributed by atoms with Crippen LogP contribution in [0.3, 0.4) is 0 Å². The molecule has 5 heterocycles. The zero-order valence-corrected chi connectivity index (χ0v) is 18.0. The van der Waals surface area contributed by atoms with Crippen molar-refractivity contribution in [3.63, 3.8) is 0 Å². The van der Waals surface area contributed by atoms with Gasteiger partial charge in [0.1, 0.15) is 11.6 Å². The number of pyridine rings is 1. The number of ether oxygens (including phenoxy) is 1. The number of anilines is 4. The van der Waals surface area contributed by atoms with Crippen molar-refractivity contribution >= 4 is 35.0 Å². The van der Waals surface area contributed by atoms with Crippen LogP contribution < -0.4 is 25.8 Å². The van der Waals surface area contributed by atoms with Gasteiger partial charge in [0.05, 0.1) is 18.8 Å². The van der Waals surface area contributed by atoms with E-state index in [1.807, 2.05) is 24.3 Å². The zero-order valence-electron chi connectivity index (χ0n) is 18.0. The maximum absolute atomic E-state index is 12.6. The van der Waals surface area contributed by atoms with Gasteiger partial charge in [0.25, 0.3) is 5.91 Å². The summed E-state index contributed by atoms with van der Waals surface area (Å²) in [6, 6.07) is 10.3. The molecule has 1 amide bonds. The molecule has 0 bridgehead atoms. The Morgan fingerprint density at radius 2 is 1.78 bits per heavy atom. The van der Waals surface area contributed by atoms with Crippen LogP contribution in [-0.4, -0.2) is 63.4 Å². The maximum atomic E-state index is 12.6. The molecular formula is C24H27N6O2. The highest BCUT2D eigenvalue weighted by molar-refractivity contribution is 6.05. The lowest BCUT2D eigenvalue weighted by Crippen LogP contribution is -2.36. The monoisotopic (exact) mass is 431 g/mol. The second-order valence-corrected chi connectivity index (χ2v) is 8.90. The van der Waals surface area contributed by atoms with Gasteiger partial charge in [-0.15, -0.1) is 0 Å². The molecule has 1 aromatic carbocycles. The topological polar surface area (TPSA) is 83.8 Å². The normalized spacial score (nSPS) is 24.3. The van der Waals surface area contributed by atoms with Gasteiger partial charge in [-0.3, -0.25) is 4.79 Å². The van der Waals surface area contributed by atoms with Crippen molar-refractivity contribution < 1.29 is 9.53 Å². The molecule has 1 aromatic heterocycles. The van der Waals surface area contributed by atoms with Crippen molar-refractivity contribution in [3.8, 4) is 0 Å². The Morgan fingerprint density at radius 3 is 2.53 bits per heavy atom. The minimum Gasteiger partial charge on any atom is -0.378 e. The van der Waals surface area contributed by atoms with E-state index in [0.29, 0.717) is 23.2 Å². The first-order valence-electron chi connectivity index (χ1n) is 11.4. The lowest BCUT2D eigenvalue weighted by Gasteiger charge is -2.29. The quantitative estimate of drug-likeness (QED) is 0.767. The molecular weight excluding hydrogens is 404 g/mol. The fraction of sp³-hybridized carbons (Fsp3) is 0.417. The van der Waals surface area contributed by atoms with Gasteiger partial charge in [0.2, 0.25) is 0 Å². The maximum Gasteiger partial charge on any atom is 0.281 e. The molecule has 0 unspecified atom stereocenters. The summed E-state index contributed by atoms with van der Waals surface area (Å²) >= 11 is 0. The van der Waals surface area contributed by atoms with Crippen molar-refractivity contribution in [3.05, 3.63) is 47.7 Å². The minimum atomic E-state index is -0.253. The Kier molecular flexibility index (Phi) is 4.96. The van der Waals surface area contributed by atoms with Gasteiger partial charge in [-0.2, -0.15) is 0 Å². The number of benzene rings is 1. The molecule has 2 N–H and O–H groups in total. The summed E-state index contributed by atoms with van der Waals surface area (Å²) < 4.78 is 5.45. The van der Waals surface area contributed by atoms with E-state index < -0.39 is 0 Å². The molecule has 8 nitrogen and oxygen atoms in total. The van der Waals surface area contributed by atoms with E-state index in [9.17, 15) is 4.79 Å². The molecule has 32 heavy (non-hydrogen) atoms. The fourth-order valence-electron chi connectivity index (χ4n) is 5.17. The highest BCUT2D eigenvalue weighted by Gasteiger charge is 2.37. The highest BCUT2D eigenvalue weighted by Crippen LogP contribution is 2.34. The van der Waals surface area contributed by atoms with Gasteiger partial charge in [-0.1, -0.05) is 0 Å². The molecule has 2 atom stereocenters. The number of aromatic nitrogens is 1. The van der Waals surface area contributed by atoms with Crippen LogP contribution in [0, 0.1) is 11.8 Å². The number of fused-ring (bicyclic) bond motifs is 2. The van der Waals surface area contributed by atoms with Crippen LogP contribution in [0.2, 0.25) is 0 Å². The Labute approximate surface area is 187 Å². The first-order chi connectivity index (χ1) is 15.7. The number of carbonyl (C=O) groups is 1. The third kappa shape index (κ3) is 3.59. The highest BCUT2D eigenvalue weighted by atomic mass is 16.5. The van der Waals surface area contributed by atoms with Gasteiger partial charge in [0, 0.05) is 56.8 Å². The first-order valence-corrected chi connectivity index (χ1v) is 11.4. The van der Waals surface area contributed by atoms with Crippen molar-refractivity contribution in [2.75, 3.05) is 67.6 Å². The second kappa shape index (κ2) is 8.11. The predicted octanol–water partition coefficient (Wildman–Crippen LogP) is 2.05. The smallest absolute Gasteiger partial charge is 0.281 e. The number of hydrogen-bond donors (Lipinski definition) is 2. The molecule has 3 fully saturated rings. The average Bonchev–Trinajstić information content (AvgIpc) is 3.43. The molecule has 165 valence electrons. The Balaban J connectivity index is 1.29. The standard InChI is InChI=1S/C24H27N6O2/c31-24-22-16(5-6-26-24)11-21(30-14-17-12-25-13-18(17)15-30)28-23(22)27-19-1-3-20(4-2-19)29-7-9-32-10-8-29/h1-6,11,17-18,25H,7-10,12-15H2,(H,27,28)/t17-,18-/m0/s1. The number of carbonyl (C=O) groups excluding carboxylic acids is 1. The summed E-state index contributed by atoms with van der Waals surface area (Å²) in [7, 11) is 0. The summed E-state index contributed by atoms with van der Waals surface area (Å²) in [5.74, 6) is 2.58. The number of rotatable bonds is 4. The molecule has 8 heteroatoms. The molecule has 3 saturated heterocycles. The third-order valence-electron chi connectivity index (χ3n) is 6.92. The average molecular weight is 432 g/mol. The van der Waals surface area contributed by atoms with E-state index in [4.69, 9.17) is 9.72 Å². The number of hydrogen-bond acceptors (Lipinski definition) is 7. The summed E-state index contributed by atoms with van der Waals surface area (Å²) in [4.78, 5) is 22.2. The predicted molar refractivity (Wildman–Crippen MR) is 125 cm³/mol. The van der Waals surface area contributed by atoms with E-state index in [2.05, 4.69) is 37.9 Å². The molecule has 6 rings (SSSR count). The van der Waals surface area contributed by atoms with E-state index in [1.54, 1.807) is 6.20 Å². The van der Waals surface area contributed by atoms with Crippen LogP contribution in [0.4, 0.5) is 23.0 Å². The number of nitrogens with zero attached hydrogens (tertiary/aromatic N) is 4. The van der Waals surface area contributed by atoms with Crippen LogP contribution in [0.25, 0.3) is 6.08 Å². The van der Waals surface area contributed by atoms with Crippen molar-refractivity contribution in [1.82, 2.24) is 15.6 Å². The Morgan fingerprint density at radius 1 is 1.03 bits per heavy atom. The molecule has 4 aliphatic rings. The first kappa shape index (κ1) is 19.6. The Bertz CT molecular complexity index is 1040. The summed E-state index contributed by atoms with van der Waals surface area (Å²) in [6.07, 6.45) is 3.48. The molecule has 0 aliphatic carbocycles. The largest absolute Gasteiger partial charge is 0.378 e. The molecule has 0 saturated carbocycles. The van der Waals surface area contributed by atoms with Crippen LogP contribution in [-0.2, 0) is 4.74 Å². The molecule has 2 aromatic rings. The lowest BCUT2D eigenvalue weighted by atomic mass is 10.0. The molecule has 0 spiro atoms. The van der Waals surface area contributed by atoms with Crippen LogP contribution in [0.5, 0.6) is 0 Å². The van der Waals surface area contributed by atoms with Crippen LogP contribution >= 0.6 is 0 Å². The third-order valence-corrected chi connectivity index (χ3v) is 6.92. The van der Waals surface area contributed by atoms with Crippen molar-refractivity contribution in [1.29, 1.82) is 0 Å². The van der Waals surface area contributed by atoms with Gasteiger partial charge < -0.3 is 25.2 Å². The molecule has 1 radical (unpaired) electrons. The molecule has 4 aliphatic heterocycles. The summed E-state index contributed by atoms with van der Waals surface area (Å²) in [6.45, 7) is 7.47. The van der Waals surface area contributed by atoms with Gasteiger partial charge in [0.15, 0.2) is 0 Å². The van der Waals surface area contributed by atoms with E-state index >= 15 is 0 Å². The van der Waals surface area contributed by atoms with Crippen LogP contribution in [0.1, 0.15) is 15.9 Å². The van der Waals surface area contributed by atoms with E-state index in [0.717, 1.165) is 69.6 Å². The SMILES string of the molecule is O=C1[N]C=Cc2cc(N3C[C@@H]4CNC[C@H]4C3)nc(Nc3ccc(N4CCOCC4)cc3)c21. The minimum absolute atomic E-state index is 0.253. The zero-order chi connectivity index (χ0) is 21.5. The van der Waals surface area contributed by atoms with Crippen molar-refractivity contribution in [2.45, 2.75) is 0 Å². The summed E-state index contributed by atoms with van der Waals surface area (Å²) in [5.41, 5.74) is 3.49. The summed E-state index contributed by atoms with van der Waals surface area (Å²) in [5, 5.41) is 10.9. The fourth-order valence-corrected chi connectivity index (χ4v) is 5.17. The van der Waals surface area contributed by atoms with Gasteiger partial charge in [-0.05, 0) is 53.8 Å². The Hall–Kier alpha value is -3.10. The van der Waals surface area contributed by atoms with E-state index in [-0.39, 0.29) is 5.91 Å². The number of morpholine rings is 1.